The van der Waals surface area contributed by atoms with Gasteiger partial charge in [0.25, 0.3) is 0 Å². The average molecular weight is 287 g/mol. The van der Waals surface area contributed by atoms with Gasteiger partial charge >= 0.3 is 0 Å². The molecule has 110 valence electrons. The lowest BCUT2D eigenvalue weighted by atomic mass is 9.98. The van der Waals surface area contributed by atoms with Crippen LogP contribution in [0.4, 0.5) is 8.78 Å². The van der Waals surface area contributed by atoms with Crippen molar-refractivity contribution >= 4 is 0 Å². The Labute approximate surface area is 124 Å². The Morgan fingerprint density at radius 3 is 2.57 bits per heavy atom. The van der Waals surface area contributed by atoms with Crippen molar-refractivity contribution < 1.29 is 8.78 Å². The van der Waals surface area contributed by atoms with Gasteiger partial charge in [0.1, 0.15) is 11.6 Å². The number of benzene rings is 2. The minimum Gasteiger partial charge on any atom is -0.296 e. The summed E-state index contributed by atoms with van der Waals surface area (Å²) >= 11 is 0. The maximum absolute atomic E-state index is 13.9. The molecule has 0 radical (unpaired) electrons. The minimum absolute atomic E-state index is 0.150. The summed E-state index contributed by atoms with van der Waals surface area (Å²) in [4.78, 5) is 2.36. The van der Waals surface area contributed by atoms with E-state index in [0.29, 0.717) is 11.6 Å². The van der Waals surface area contributed by atoms with Crippen molar-refractivity contribution in [3.8, 4) is 0 Å². The zero-order chi connectivity index (χ0) is 14.8. The summed E-state index contributed by atoms with van der Waals surface area (Å²) in [5.74, 6) is -0.783. The van der Waals surface area contributed by atoms with Crippen LogP contribution in [-0.4, -0.2) is 18.0 Å². The number of hydrogen-bond donors (Lipinski definition) is 0. The Morgan fingerprint density at radius 1 is 1.10 bits per heavy atom. The van der Waals surface area contributed by atoms with Crippen LogP contribution in [0.15, 0.2) is 48.5 Å². The third-order valence-electron chi connectivity index (χ3n) is 4.45. The molecule has 0 aromatic heterocycles. The maximum atomic E-state index is 13.9. The SMILES string of the molecule is C[C@H](c1ccccc1)N1CCC(c2ccc(F)cc2F)C1. The molecule has 0 aliphatic carbocycles. The van der Waals surface area contributed by atoms with Crippen molar-refractivity contribution in [1.29, 1.82) is 0 Å². The van der Waals surface area contributed by atoms with Gasteiger partial charge in [0.2, 0.25) is 0 Å². The Bertz CT molecular complexity index is 612. The molecular formula is C18H19F2N. The molecule has 3 rings (SSSR count). The topological polar surface area (TPSA) is 3.24 Å². The van der Waals surface area contributed by atoms with Crippen LogP contribution in [0.1, 0.15) is 36.4 Å². The molecule has 0 bridgehead atoms. The van der Waals surface area contributed by atoms with Crippen molar-refractivity contribution in [3.05, 3.63) is 71.3 Å². The summed E-state index contributed by atoms with van der Waals surface area (Å²) in [6.45, 7) is 3.94. The van der Waals surface area contributed by atoms with Crippen LogP contribution in [0.5, 0.6) is 0 Å². The van der Waals surface area contributed by atoms with E-state index < -0.39 is 11.6 Å². The quantitative estimate of drug-likeness (QED) is 0.802. The first kappa shape index (κ1) is 14.2. The highest BCUT2D eigenvalue weighted by atomic mass is 19.1. The summed E-state index contributed by atoms with van der Waals surface area (Å²) in [5.41, 5.74) is 1.91. The molecule has 2 aromatic carbocycles. The molecular weight excluding hydrogens is 268 g/mol. The second-order valence-electron chi connectivity index (χ2n) is 5.73. The summed E-state index contributed by atoms with van der Waals surface area (Å²) in [5, 5.41) is 0. The van der Waals surface area contributed by atoms with Crippen LogP contribution in [-0.2, 0) is 0 Å². The lowest BCUT2D eigenvalue weighted by Crippen LogP contribution is -2.24. The summed E-state index contributed by atoms with van der Waals surface area (Å²) in [7, 11) is 0. The van der Waals surface area contributed by atoms with E-state index in [-0.39, 0.29) is 5.92 Å². The van der Waals surface area contributed by atoms with Gasteiger partial charge in [0.05, 0.1) is 0 Å². The van der Waals surface area contributed by atoms with Gasteiger partial charge in [0.15, 0.2) is 0 Å². The van der Waals surface area contributed by atoms with E-state index in [1.165, 1.54) is 11.6 Å². The van der Waals surface area contributed by atoms with Gasteiger partial charge in [0, 0.05) is 24.6 Å². The molecule has 2 aromatic rings. The van der Waals surface area contributed by atoms with Crippen molar-refractivity contribution in [1.82, 2.24) is 4.90 Å². The fourth-order valence-electron chi connectivity index (χ4n) is 3.17. The third-order valence-corrected chi connectivity index (χ3v) is 4.45. The lowest BCUT2D eigenvalue weighted by molar-refractivity contribution is 0.259. The fraction of sp³-hybridized carbons (Fsp3) is 0.333. The standard InChI is InChI=1S/C18H19F2N/c1-13(14-5-3-2-4-6-14)21-10-9-15(12-21)17-8-7-16(19)11-18(17)20/h2-8,11,13,15H,9-10,12H2,1H3/t13-,15?/m1/s1. The molecule has 3 heteroatoms. The predicted molar refractivity (Wildman–Crippen MR) is 80.1 cm³/mol. The summed E-state index contributed by atoms with van der Waals surface area (Å²) in [6.07, 6.45) is 0.916. The number of hydrogen-bond acceptors (Lipinski definition) is 1. The van der Waals surface area contributed by atoms with E-state index in [9.17, 15) is 8.78 Å². The van der Waals surface area contributed by atoms with Gasteiger partial charge in [-0.05, 0) is 37.1 Å². The highest BCUT2D eigenvalue weighted by Crippen LogP contribution is 2.34. The molecule has 0 amide bonds. The highest BCUT2D eigenvalue weighted by Gasteiger charge is 2.29. The van der Waals surface area contributed by atoms with Gasteiger partial charge in [-0.3, -0.25) is 4.90 Å². The van der Waals surface area contributed by atoms with Gasteiger partial charge < -0.3 is 0 Å². The van der Waals surface area contributed by atoms with Gasteiger partial charge in [-0.15, -0.1) is 0 Å². The van der Waals surface area contributed by atoms with Gasteiger partial charge in [-0.2, -0.15) is 0 Å². The van der Waals surface area contributed by atoms with Crippen LogP contribution in [0.3, 0.4) is 0 Å². The van der Waals surface area contributed by atoms with Crippen LogP contribution < -0.4 is 0 Å². The molecule has 21 heavy (non-hydrogen) atoms. The predicted octanol–water partition coefficient (Wildman–Crippen LogP) is 4.52. The van der Waals surface area contributed by atoms with E-state index in [1.807, 2.05) is 18.2 Å². The molecule has 0 N–H and O–H groups in total. The molecule has 1 aliphatic heterocycles. The van der Waals surface area contributed by atoms with Crippen LogP contribution >= 0.6 is 0 Å². The minimum atomic E-state index is -0.510. The Kier molecular flexibility index (Phi) is 4.02. The molecule has 1 aliphatic rings. The molecule has 1 unspecified atom stereocenters. The summed E-state index contributed by atoms with van der Waals surface area (Å²) in [6, 6.07) is 14.6. The average Bonchev–Trinajstić information content (AvgIpc) is 2.97. The molecule has 0 saturated carbocycles. The van der Waals surface area contributed by atoms with E-state index >= 15 is 0 Å². The zero-order valence-corrected chi connectivity index (χ0v) is 12.1. The number of nitrogens with zero attached hydrogens (tertiary/aromatic N) is 1. The molecule has 2 atom stereocenters. The van der Waals surface area contributed by atoms with Crippen molar-refractivity contribution in [2.45, 2.75) is 25.3 Å². The Balaban J connectivity index is 1.73. The highest BCUT2D eigenvalue weighted by molar-refractivity contribution is 5.25. The molecule has 1 heterocycles. The smallest absolute Gasteiger partial charge is 0.129 e. The normalized spacial score (nSPS) is 20.6. The van der Waals surface area contributed by atoms with Crippen molar-refractivity contribution in [2.24, 2.45) is 0 Å². The van der Waals surface area contributed by atoms with Crippen molar-refractivity contribution in [2.75, 3.05) is 13.1 Å². The number of rotatable bonds is 3. The number of likely N-dealkylation sites (tertiary alicyclic amines) is 1. The second kappa shape index (κ2) is 5.94. The first-order valence-corrected chi connectivity index (χ1v) is 7.39. The first-order valence-electron chi connectivity index (χ1n) is 7.39. The largest absolute Gasteiger partial charge is 0.296 e. The third kappa shape index (κ3) is 2.98. The van der Waals surface area contributed by atoms with E-state index in [0.717, 1.165) is 25.6 Å². The van der Waals surface area contributed by atoms with E-state index in [2.05, 4.69) is 24.0 Å². The van der Waals surface area contributed by atoms with E-state index in [4.69, 9.17) is 0 Å². The Morgan fingerprint density at radius 2 is 1.86 bits per heavy atom. The van der Waals surface area contributed by atoms with Crippen LogP contribution in [0, 0.1) is 11.6 Å². The second-order valence-corrected chi connectivity index (χ2v) is 5.73. The zero-order valence-electron chi connectivity index (χ0n) is 12.1. The van der Waals surface area contributed by atoms with Gasteiger partial charge in [-0.1, -0.05) is 36.4 Å². The monoisotopic (exact) mass is 287 g/mol. The molecule has 1 fully saturated rings. The van der Waals surface area contributed by atoms with Crippen molar-refractivity contribution in [3.63, 3.8) is 0 Å². The fourth-order valence-corrected chi connectivity index (χ4v) is 3.17. The van der Waals surface area contributed by atoms with Crippen LogP contribution in [0.2, 0.25) is 0 Å². The lowest BCUT2D eigenvalue weighted by Gasteiger charge is -2.25. The molecule has 0 spiro atoms. The maximum Gasteiger partial charge on any atom is 0.129 e. The Hall–Kier alpha value is -1.74. The number of halogens is 2. The van der Waals surface area contributed by atoms with Gasteiger partial charge in [-0.25, -0.2) is 8.78 Å². The molecule has 1 saturated heterocycles. The summed E-state index contributed by atoms with van der Waals surface area (Å²) < 4.78 is 26.9. The molecule has 1 nitrogen and oxygen atoms in total. The van der Waals surface area contributed by atoms with E-state index in [1.54, 1.807) is 6.07 Å². The first-order chi connectivity index (χ1) is 10.1. The van der Waals surface area contributed by atoms with Crippen LogP contribution in [0.25, 0.3) is 0 Å².